The molecule has 2 heterocycles. The highest BCUT2D eigenvalue weighted by atomic mass is 16.4. The van der Waals surface area contributed by atoms with E-state index in [1.54, 1.807) is 0 Å². The molecule has 19 heavy (non-hydrogen) atoms. The van der Waals surface area contributed by atoms with Gasteiger partial charge in [0, 0.05) is 19.0 Å². The first-order valence-electron chi connectivity index (χ1n) is 7.87. The number of carbonyl (C=O) groups is 1. The number of nitrogens with zero attached hydrogens (tertiary/aromatic N) is 2. The SMILES string of the molecule is CCN1CCCC1CN1CCC(CCC(=O)O)CC1. The predicted octanol–water partition coefficient (Wildman–Crippen LogP) is 2.05. The first-order valence-corrected chi connectivity index (χ1v) is 7.87. The van der Waals surface area contributed by atoms with Gasteiger partial charge in [-0.1, -0.05) is 6.92 Å². The van der Waals surface area contributed by atoms with Crippen LogP contribution in [0.5, 0.6) is 0 Å². The van der Waals surface area contributed by atoms with Crippen LogP contribution in [0.1, 0.15) is 45.4 Å². The summed E-state index contributed by atoms with van der Waals surface area (Å²) in [7, 11) is 0. The Morgan fingerprint density at radius 1 is 1.21 bits per heavy atom. The maximum atomic E-state index is 10.6. The highest BCUT2D eigenvalue weighted by molar-refractivity contribution is 5.66. The van der Waals surface area contributed by atoms with Gasteiger partial charge in [-0.25, -0.2) is 0 Å². The Hall–Kier alpha value is -0.610. The Labute approximate surface area is 116 Å². The summed E-state index contributed by atoms with van der Waals surface area (Å²) in [6, 6.07) is 0.764. The van der Waals surface area contributed by atoms with Crippen molar-refractivity contribution in [1.82, 2.24) is 9.80 Å². The summed E-state index contributed by atoms with van der Waals surface area (Å²) in [6.45, 7) is 8.27. The molecule has 0 saturated carbocycles. The molecular formula is C15H28N2O2. The second-order valence-electron chi connectivity index (χ2n) is 6.10. The first kappa shape index (κ1) is 14.8. The predicted molar refractivity (Wildman–Crippen MR) is 76.3 cm³/mol. The maximum absolute atomic E-state index is 10.6. The van der Waals surface area contributed by atoms with E-state index in [-0.39, 0.29) is 0 Å². The monoisotopic (exact) mass is 268 g/mol. The van der Waals surface area contributed by atoms with Crippen molar-refractivity contribution in [1.29, 1.82) is 0 Å². The highest BCUT2D eigenvalue weighted by Crippen LogP contribution is 2.24. The van der Waals surface area contributed by atoms with E-state index in [0.29, 0.717) is 12.3 Å². The number of likely N-dealkylation sites (tertiary alicyclic amines) is 2. The average molecular weight is 268 g/mol. The topological polar surface area (TPSA) is 43.8 Å². The molecule has 0 aliphatic carbocycles. The van der Waals surface area contributed by atoms with Gasteiger partial charge in [-0.3, -0.25) is 9.69 Å². The number of aliphatic carboxylic acids is 1. The van der Waals surface area contributed by atoms with E-state index < -0.39 is 5.97 Å². The Morgan fingerprint density at radius 2 is 1.95 bits per heavy atom. The van der Waals surface area contributed by atoms with Gasteiger partial charge in [-0.2, -0.15) is 0 Å². The third-order valence-electron chi connectivity index (χ3n) is 4.85. The van der Waals surface area contributed by atoms with Crippen molar-refractivity contribution in [2.24, 2.45) is 5.92 Å². The second-order valence-corrected chi connectivity index (χ2v) is 6.10. The van der Waals surface area contributed by atoms with Gasteiger partial charge in [0.1, 0.15) is 0 Å². The van der Waals surface area contributed by atoms with Crippen molar-refractivity contribution in [3.8, 4) is 0 Å². The lowest BCUT2D eigenvalue weighted by atomic mass is 9.92. The molecule has 0 aromatic carbocycles. The lowest BCUT2D eigenvalue weighted by Crippen LogP contribution is -2.43. The lowest BCUT2D eigenvalue weighted by Gasteiger charge is -2.35. The molecule has 0 bridgehead atoms. The lowest BCUT2D eigenvalue weighted by molar-refractivity contribution is -0.137. The molecule has 2 saturated heterocycles. The fourth-order valence-corrected chi connectivity index (χ4v) is 3.60. The molecule has 110 valence electrons. The van der Waals surface area contributed by atoms with E-state index in [1.807, 2.05) is 0 Å². The summed E-state index contributed by atoms with van der Waals surface area (Å²) in [5, 5.41) is 8.73. The molecule has 0 aromatic rings. The van der Waals surface area contributed by atoms with Crippen molar-refractivity contribution in [3.63, 3.8) is 0 Å². The zero-order valence-electron chi connectivity index (χ0n) is 12.2. The van der Waals surface area contributed by atoms with Crippen LogP contribution in [-0.4, -0.2) is 59.6 Å². The number of hydrogen-bond acceptors (Lipinski definition) is 3. The number of piperidine rings is 1. The summed E-state index contributed by atoms with van der Waals surface area (Å²) >= 11 is 0. The molecule has 4 heteroatoms. The number of carboxylic acid groups (broad SMARTS) is 1. The van der Waals surface area contributed by atoms with Crippen molar-refractivity contribution < 1.29 is 9.90 Å². The maximum Gasteiger partial charge on any atom is 0.303 e. The van der Waals surface area contributed by atoms with Gasteiger partial charge in [-0.15, -0.1) is 0 Å². The van der Waals surface area contributed by atoms with Crippen LogP contribution in [0.4, 0.5) is 0 Å². The van der Waals surface area contributed by atoms with Crippen molar-refractivity contribution in [2.75, 3.05) is 32.7 Å². The van der Waals surface area contributed by atoms with E-state index >= 15 is 0 Å². The number of likely N-dealkylation sites (N-methyl/N-ethyl adjacent to an activating group) is 1. The minimum atomic E-state index is -0.646. The molecule has 0 aromatic heterocycles. The minimum Gasteiger partial charge on any atom is -0.481 e. The molecule has 1 unspecified atom stereocenters. The van der Waals surface area contributed by atoms with Crippen LogP contribution in [0.15, 0.2) is 0 Å². The van der Waals surface area contributed by atoms with Crippen molar-refractivity contribution in [2.45, 2.75) is 51.5 Å². The molecule has 2 aliphatic rings. The van der Waals surface area contributed by atoms with Crippen LogP contribution in [0.25, 0.3) is 0 Å². The van der Waals surface area contributed by atoms with Gasteiger partial charge in [0.2, 0.25) is 0 Å². The summed E-state index contributed by atoms with van der Waals surface area (Å²) in [4.78, 5) is 15.8. The summed E-state index contributed by atoms with van der Waals surface area (Å²) < 4.78 is 0. The molecule has 1 atom stereocenters. The molecule has 2 rings (SSSR count). The number of rotatable bonds is 6. The smallest absolute Gasteiger partial charge is 0.303 e. The molecule has 4 nitrogen and oxygen atoms in total. The Balaban J connectivity index is 1.67. The second kappa shape index (κ2) is 7.25. The summed E-state index contributed by atoms with van der Waals surface area (Å²) in [6.07, 6.45) is 6.29. The molecule has 2 fully saturated rings. The van der Waals surface area contributed by atoms with E-state index in [4.69, 9.17) is 5.11 Å². The van der Waals surface area contributed by atoms with E-state index in [0.717, 1.165) is 12.5 Å². The first-order chi connectivity index (χ1) is 9.19. The standard InChI is InChI=1S/C15H28N2O2/c1-2-17-9-3-4-14(17)12-16-10-7-13(8-11-16)5-6-15(18)19/h13-14H,2-12H2,1H3,(H,18,19). The van der Waals surface area contributed by atoms with Crippen LogP contribution in [0.2, 0.25) is 0 Å². The highest BCUT2D eigenvalue weighted by Gasteiger charge is 2.27. The zero-order chi connectivity index (χ0) is 13.7. The van der Waals surface area contributed by atoms with Gasteiger partial charge in [0.15, 0.2) is 0 Å². The Morgan fingerprint density at radius 3 is 2.58 bits per heavy atom. The fraction of sp³-hybridized carbons (Fsp3) is 0.933. The van der Waals surface area contributed by atoms with Crippen molar-refractivity contribution >= 4 is 5.97 Å². The Kier molecular flexibility index (Phi) is 5.64. The van der Waals surface area contributed by atoms with Gasteiger partial charge < -0.3 is 10.0 Å². The van der Waals surface area contributed by atoms with Crippen LogP contribution >= 0.6 is 0 Å². The molecule has 0 spiro atoms. The minimum absolute atomic E-state index is 0.344. The van der Waals surface area contributed by atoms with Crippen LogP contribution in [0.3, 0.4) is 0 Å². The van der Waals surface area contributed by atoms with Crippen LogP contribution in [-0.2, 0) is 4.79 Å². The molecule has 1 N–H and O–H groups in total. The Bertz CT molecular complexity index is 288. The van der Waals surface area contributed by atoms with E-state index in [9.17, 15) is 4.79 Å². The number of carboxylic acids is 1. The normalized spacial score (nSPS) is 26.9. The quantitative estimate of drug-likeness (QED) is 0.800. The van der Waals surface area contributed by atoms with Gasteiger partial charge in [0.05, 0.1) is 0 Å². The van der Waals surface area contributed by atoms with Gasteiger partial charge in [0.25, 0.3) is 0 Å². The van der Waals surface area contributed by atoms with E-state index in [2.05, 4.69) is 16.7 Å². The largest absolute Gasteiger partial charge is 0.481 e. The van der Waals surface area contributed by atoms with Gasteiger partial charge >= 0.3 is 5.97 Å². The third kappa shape index (κ3) is 4.46. The van der Waals surface area contributed by atoms with Crippen LogP contribution in [0, 0.1) is 5.92 Å². The van der Waals surface area contributed by atoms with E-state index in [1.165, 1.54) is 58.4 Å². The fourth-order valence-electron chi connectivity index (χ4n) is 3.60. The van der Waals surface area contributed by atoms with Gasteiger partial charge in [-0.05, 0) is 64.2 Å². The molecular weight excluding hydrogens is 240 g/mol. The zero-order valence-corrected chi connectivity index (χ0v) is 12.2. The van der Waals surface area contributed by atoms with Crippen molar-refractivity contribution in [3.05, 3.63) is 0 Å². The van der Waals surface area contributed by atoms with Crippen LogP contribution < -0.4 is 0 Å². The molecule has 2 aliphatic heterocycles. The summed E-state index contributed by atoms with van der Waals surface area (Å²) in [5.74, 6) is -0.00909. The number of hydrogen-bond donors (Lipinski definition) is 1. The molecule has 0 amide bonds. The summed E-state index contributed by atoms with van der Waals surface area (Å²) in [5.41, 5.74) is 0. The third-order valence-corrected chi connectivity index (χ3v) is 4.85. The average Bonchev–Trinajstić information content (AvgIpc) is 2.85. The molecule has 0 radical (unpaired) electrons.